The maximum Gasteiger partial charge on any atom is 0 e. The van der Waals surface area contributed by atoms with E-state index in [9.17, 15) is 0 Å². The van der Waals surface area contributed by atoms with E-state index in [1.54, 1.807) is 0 Å². The summed E-state index contributed by atoms with van der Waals surface area (Å²) in [6.45, 7) is 0. The fraction of sp³-hybridized carbons (Fsp3) is 0. The molecule has 1 nitrogen and oxygen atoms in total. The van der Waals surface area contributed by atoms with Crippen molar-refractivity contribution >= 4 is 11.0 Å². The molecule has 0 saturated carbocycles. The quantitative estimate of drug-likeness (QED) is 0.394. The third kappa shape index (κ3) is 9.92. The SMILES string of the molecule is [Cr].[N].[Si].[Ti]. The van der Waals surface area contributed by atoms with Gasteiger partial charge in [0.1, 0.15) is 0 Å². The summed E-state index contributed by atoms with van der Waals surface area (Å²) in [6, 6.07) is 0. The molecule has 0 fully saturated rings. The summed E-state index contributed by atoms with van der Waals surface area (Å²) in [5, 5.41) is 0. The average Bonchev–Trinajstić information content (AvgIpc) is 0. The van der Waals surface area contributed by atoms with Gasteiger partial charge in [0.2, 0.25) is 0 Å². The van der Waals surface area contributed by atoms with Crippen molar-refractivity contribution < 1.29 is 39.1 Å². The summed E-state index contributed by atoms with van der Waals surface area (Å²) in [6.07, 6.45) is 0. The van der Waals surface area contributed by atoms with Crippen molar-refractivity contribution in [2.45, 2.75) is 0 Å². The van der Waals surface area contributed by atoms with Crippen LogP contribution in [0.5, 0.6) is 0 Å². The van der Waals surface area contributed by atoms with Crippen LogP contribution in [-0.4, -0.2) is 11.0 Å². The summed E-state index contributed by atoms with van der Waals surface area (Å²) in [7, 11) is 0. The molecule has 0 aromatic rings. The Hall–Kier alpha value is 1.42. The van der Waals surface area contributed by atoms with E-state index in [-0.39, 0.29) is 56.2 Å². The van der Waals surface area contributed by atoms with Crippen LogP contribution in [0.3, 0.4) is 0 Å². The van der Waals surface area contributed by atoms with Crippen LogP contribution in [0.4, 0.5) is 0 Å². The van der Waals surface area contributed by atoms with Crippen LogP contribution in [0.25, 0.3) is 0 Å². The van der Waals surface area contributed by atoms with Gasteiger partial charge in [-0.15, -0.1) is 0 Å². The van der Waals surface area contributed by atoms with Gasteiger partial charge in [-0.1, -0.05) is 0 Å². The minimum absolute atomic E-state index is 0. The normalized spacial score (nSPS) is 0. The molecular weight excluding hydrogens is 142 g/mol. The molecule has 0 atom stereocenters. The zero-order valence-electron chi connectivity index (χ0n) is 1.86. The maximum absolute atomic E-state index is 0. The van der Waals surface area contributed by atoms with Crippen molar-refractivity contribution in [3.8, 4) is 0 Å². The summed E-state index contributed by atoms with van der Waals surface area (Å²) in [5.41, 5.74) is 0. The van der Waals surface area contributed by atoms with Crippen LogP contribution in [0.2, 0.25) is 0 Å². The Morgan fingerprint density at radius 1 is 1.00 bits per heavy atom. The number of hydrogen-bond donors (Lipinski definition) is 0. The average molecular weight is 142 g/mol. The van der Waals surface area contributed by atoms with E-state index < -0.39 is 0 Å². The van der Waals surface area contributed by atoms with Crippen molar-refractivity contribution in [1.29, 1.82) is 0 Å². The molecule has 0 bridgehead atoms. The second kappa shape index (κ2) is 25.6. The molecule has 4 heteroatoms. The van der Waals surface area contributed by atoms with Crippen LogP contribution in [-0.2, 0) is 39.1 Å². The molecular formula is CrNSiTi. The van der Waals surface area contributed by atoms with Crippen LogP contribution < -0.4 is 6.15 Å². The zero-order chi connectivity index (χ0) is 0. The minimum Gasteiger partial charge on any atom is 0 e. The first-order chi connectivity index (χ1) is 0. The van der Waals surface area contributed by atoms with Crippen LogP contribution >= 0.6 is 0 Å². The fourth-order valence-electron chi connectivity index (χ4n) is 0. The van der Waals surface area contributed by atoms with Gasteiger partial charge in [0.15, 0.2) is 0 Å². The monoisotopic (exact) mass is 142 g/mol. The van der Waals surface area contributed by atoms with E-state index in [2.05, 4.69) is 0 Å². The predicted octanol–water partition coefficient (Wildman–Crippen LogP) is -0.866. The number of rotatable bonds is 0. The van der Waals surface area contributed by atoms with Gasteiger partial charge in [0, 0.05) is 56.2 Å². The van der Waals surface area contributed by atoms with Crippen molar-refractivity contribution in [1.82, 2.24) is 6.15 Å². The number of nitrogens with zero attached hydrogens (tertiary/aromatic N) is 1. The van der Waals surface area contributed by atoms with Gasteiger partial charge < -0.3 is 0 Å². The first-order valence-corrected chi connectivity index (χ1v) is 0. The van der Waals surface area contributed by atoms with Crippen molar-refractivity contribution in [2.75, 3.05) is 0 Å². The molecule has 0 unspecified atom stereocenters. The Morgan fingerprint density at radius 2 is 1.00 bits per heavy atom. The summed E-state index contributed by atoms with van der Waals surface area (Å²) in [5.74, 6) is 0. The van der Waals surface area contributed by atoms with Crippen molar-refractivity contribution in [3.63, 3.8) is 0 Å². The molecule has 0 aromatic carbocycles. The topological polar surface area (TPSA) is 30.5 Å². The first-order valence-electron chi connectivity index (χ1n) is 0. The molecule has 0 spiro atoms. The van der Waals surface area contributed by atoms with E-state index in [4.69, 9.17) is 0 Å². The van der Waals surface area contributed by atoms with Gasteiger partial charge in [-0.05, 0) is 0 Å². The third-order valence-corrected chi connectivity index (χ3v) is 0. The van der Waals surface area contributed by atoms with Gasteiger partial charge in [-0.25, -0.2) is 0 Å². The third-order valence-electron chi connectivity index (χ3n) is 0. The minimum atomic E-state index is 0. The fourth-order valence-corrected chi connectivity index (χ4v) is 0. The molecule has 0 aliphatic carbocycles. The van der Waals surface area contributed by atoms with E-state index >= 15 is 0 Å². The van der Waals surface area contributed by atoms with E-state index in [0.717, 1.165) is 0 Å². The van der Waals surface area contributed by atoms with E-state index in [1.165, 1.54) is 0 Å². The Labute approximate surface area is 56.2 Å². The second-order valence-corrected chi connectivity index (χ2v) is 0. The van der Waals surface area contributed by atoms with Crippen LogP contribution in [0.1, 0.15) is 0 Å². The molecule has 0 saturated heterocycles. The van der Waals surface area contributed by atoms with Gasteiger partial charge in [-0.2, -0.15) is 0 Å². The molecule has 0 aliphatic rings. The molecule has 0 heterocycles. The first kappa shape index (κ1) is 52.4. The van der Waals surface area contributed by atoms with Gasteiger partial charge in [0.25, 0.3) is 0 Å². The van der Waals surface area contributed by atoms with Gasteiger partial charge in [0.05, 0.1) is 0 Å². The molecule has 7 radical (unpaired) electrons. The van der Waals surface area contributed by atoms with Crippen LogP contribution in [0, 0.1) is 0 Å². The van der Waals surface area contributed by atoms with E-state index in [1.807, 2.05) is 0 Å². The Morgan fingerprint density at radius 3 is 1.00 bits per heavy atom. The second-order valence-electron chi connectivity index (χ2n) is 0. The van der Waals surface area contributed by atoms with Gasteiger partial charge in [-0.3, -0.25) is 0 Å². The molecule has 4 heavy (non-hydrogen) atoms. The largest absolute Gasteiger partial charge is 0 e. The summed E-state index contributed by atoms with van der Waals surface area (Å²) >= 11 is 0. The molecule has 0 aromatic heterocycles. The Kier molecular flexibility index (Phi) is 335. The van der Waals surface area contributed by atoms with Crippen LogP contribution in [0.15, 0.2) is 0 Å². The zero-order valence-corrected chi connectivity index (χ0v) is 5.69. The standard InChI is InChI=1S/Cr.N.Si.Ti. The predicted molar refractivity (Wildman–Crippen MR) is 7.89 cm³/mol. The molecule has 19 valence electrons. The van der Waals surface area contributed by atoms with Crippen molar-refractivity contribution in [3.05, 3.63) is 0 Å². The Balaban J connectivity index is 0. The maximum atomic E-state index is 0. The number of hydrogen-bond acceptors (Lipinski definition) is 0. The smallest absolute Gasteiger partial charge is 0 e. The molecule has 0 rings (SSSR count). The van der Waals surface area contributed by atoms with E-state index in [0.29, 0.717) is 0 Å². The summed E-state index contributed by atoms with van der Waals surface area (Å²) in [4.78, 5) is 0. The molecule has 0 amide bonds. The molecule has 0 N–H and O–H groups in total. The Bertz CT molecular complexity index is 8.00. The molecule has 0 aliphatic heterocycles. The van der Waals surface area contributed by atoms with Crippen molar-refractivity contribution in [2.24, 2.45) is 0 Å². The van der Waals surface area contributed by atoms with Gasteiger partial charge >= 0.3 is 0 Å². The summed E-state index contributed by atoms with van der Waals surface area (Å²) < 4.78 is 0.